The van der Waals surface area contributed by atoms with Crippen LogP contribution in [0.15, 0.2) is 42.7 Å². The van der Waals surface area contributed by atoms with Crippen LogP contribution in [0.2, 0.25) is 0 Å². The molecule has 0 saturated heterocycles. The van der Waals surface area contributed by atoms with Gasteiger partial charge in [0.15, 0.2) is 0 Å². The summed E-state index contributed by atoms with van der Waals surface area (Å²) in [4.78, 5) is 15.6. The van der Waals surface area contributed by atoms with Crippen molar-refractivity contribution in [2.24, 2.45) is 0 Å². The Balaban J connectivity index is 2.34. The fraction of sp³-hybridized carbons (Fsp3) is 0.0769. The van der Waals surface area contributed by atoms with E-state index in [-0.39, 0.29) is 16.9 Å². The van der Waals surface area contributed by atoms with Crippen LogP contribution >= 0.6 is 0 Å². The molecular weight excluding hydrogens is 271 g/mol. The molecule has 0 fully saturated rings. The summed E-state index contributed by atoms with van der Waals surface area (Å²) in [5, 5.41) is 2.20. The van der Waals surface area contributed by atoms with Crippen molar-refractivity contribution in [3.63, 3.8) is 0 Å². The number of nitrogens with two attached hydrogens (primary N) is 1. The maximum atomic E-state index is 12.8. The van der Waals surface area contributed by atoms with Gasteiger partial charge in [-0.2, -0.15) is 13.2 Å². The Morgan fingerprint density at radius 2 is 2.00 bits per heavy atom. The van der Waals surface area contributed by atoms with Crippen LogP contribution in [0.5, 0.6) is 0 Å². The molecule has 0 aliphatic rings. The summed E-state index contributed by atoms with van der Waals surface area (Å²) < 4.78 is 38.5. The summed E-state index contributed by atoms with van der Waals surface area (Å²) in [5.41, 5.74) is 4.40. The molecule has 104 valence electrons. The third-order valence-electron chi connectivity index (χ3n) is 2.52. The molecule has 0 aliphatic carbocycles. The van der Waals surface area contributed by atoms with Gasteiger partial charge in [-0.25, -0.2) is 0 Å². The fourth-order valence-electron chi connectivity index (χ4n) is 1.60. The quantitative estimate of drug-likeness (QED) is 0.832. The topological polar surface area (TPSA) is 68.0 Å². The molecule has 0 saturated carbocycles. The van der Waals surface area contributed by atoms with Crippen LogP contribution in [0.25, 0.3) is 0 Å². The van der Waals surface area contributed by atoms with E-state index >= 15 is 0 Å². The van der Waals surface area contributed by atoms with Crippen molar-refractivity contribution in [2.75, 3.05) is 11.1 Å². The standard InChI is InChI=1S/C13H10F3N3O/c14-13(15,16)10-4-3-9(17)6-11(10)19-12(20)8-2-1-5-18-7-8/h1-7H,17H2,(H,19,20). The van der Waals surface area contributed by atoms with E-state index in [1.54, 1.807) is 0 Å². The van der Waals surface area contributed by atoms with Crippen LogP contribution in [0.1, 0.15) is 15.9 Å². The van der Waals surface area contributed by atoms with Gasteiger partial charge in [-0.05, 0) is 30.3 Å². The number of alkyl halides is 3. The Kier molecular flexibility index (Phi) is 3.60. The van der Waals surface area contributed by atoms with Crippen molar-refractivity contribution >= 4 is 17.3 Å². The van der Waals surface area contributed by atoms with Gasteiger partial charge in [0, 0.05) is 18.1 Å². The van der Waals surface area contributed by atoms with Gasteiger partial charge in [-0.3, -0.25) is 9.78 Å². The van der Waals surface area contributed by atoms with E-state index in [1.165, 1.54) is 24.5 Å². The number of rotatable bonds is 2. The smallest absolute Gasteiger partial charge is 0.399 e. The lowest BCUT2D eigenvalue weighted by Gasteiger charge is -2.14. The average molecular weight is 281 g/mol. The molecule has 1 amide bonds. The highest BCUT2D eigenvalue weighted by Crippen LogP contribution is 2.35. The summed E-state index contributed by atoms with van der Waals surface area (Å²) in [6.45, 7) is 0. The second-order valence-corrected chi connectivity index (χ2v) is 4.00. The van der Waals surface area contributed by atoms with E-state index in [9.17, 15) is 18.0 Å². The Hall–Kier alpha value is -2.57. The summed E-state index contributed by atoms with van der Waals surface area (Å²) in [7, 11) is 0. The molecule has 1 heterocycles. The van der Waals surface area contributed by atoms with Crippen LogP contribution in [0.3, 0.4) is 0 Å². The maximum absolute atomic E-state index is 12.8. The monoisotopic (exact) mass is 281 g/mol. The second-order valence-electron chi connectivity index (χ2n) is 4.00. The van der Waals surface area contributed by atoms with Gasteiger partial charge in [0.25, 0.3) is 5.91 Å². The van der Waals surface area contributed by atoms with Gasteiger partial charge in [0.1, 0.15) is 0 Å². The van der Waals surface area contributed by atoms with Gasteiger partial charge in [-0.1, -0.05) is 0 Å². The summed E-state index contributed by atoms with van der Waals surface area (Å²) >= 11 is 0. The van der Waals surface area contributed by atoms with Crippen molar-refractivity contribution in [1.29, 1.82) is 0 Å². The number of aromatic nitrogens is 1. The fourth-order valence-corrected chi connectivity index (χ4v) is 1.60. The van der Waals surface area contributed by atoms with Crippen LogP contribution in [0.4, 0.5) is 24.5 Å². The number of hydrogen-bond acceptors (Lipinski definition) is 3. The van der Waals surface area contributed by atoms with Crippen molar-refractivity contribution in [2.45, 2.75) is 6.18 Å². The minimum Gasteiger partial charge on any atom is -0.399 e. The minimum atomic E-state index is -4.58. The van der Waals surface area contributed by atoms with Crippen LogP contribution in [0, 0.1) is 0 Å². The van der Waals surface area contributed by atoms with E-state index < -0.39 is 17.6 Å². The highest BCUT2D eigenvalue weighted by Gasteiger charge is 2.34. The molecule has 7 heteroatoms. The molecule has 0 unspecified atom stereocenters. The number of nitrogens with zero attached hydrogens (tertiary/aromatic N) is 1. The third-order valence-corrected chi connectivity index (χ3v) is 2.52. The minimum absolute atomic E-state index is 0.125. The Morgan fingerprint density at radius 3 is 2.60 bits per heavy atom. The van der Waals surface area contributed by atoms with Gasteiger partial charge >= 0.3 is 6.18 Å². The summed E-state index contributed by atoms with van der Waals surface area (Å²) in [5.74, 6) is -0.686. The zero-order valence-electron chi connectivity index (χ0n) is 10.1. The molecule has 1 aromatic heterocycles. The number of carbonyl (C=O) groups is 1. The Labute approximate surface area is 112 Å². The van der Waals surface area contributed by atoms with Gasteiger partial charge < -0.3 is 11.1 Å². The molecule has 2 aromatic rings. The number of amides is 1. The normalized spacial score (nSPS) is 11.2. The summed E-state index contributed by atoms with van der Waals surface area (Å²) in [6.07, 6.45) is -1.86. The Bertz CT molecular complexity index is 627. The van der Waals surface area contributed by atoms with E-state index in [0.717, 1.165) is 18.2 Å². The molecule has 0 bridgehead atoms. The first-order valence-corrected chi connectivity index (χ1v) is 5.56. The van der Waals surface area contributed by atoms with Crippen molar-refractivity contribution in [3.05, 3.63) is 53.9 Å². The van der Waals surface area contributed by atoms with Gasteiger partial charge in [0.2, 0.25) is 0 Å². The largest absolute Gasteiger partial charge is 0.418 e. The number of nitrogen functional groups attached to an aromatic ring is 1. The molecule has 0 spiro atoms. The molecule has 0 aliphatic heterocycles. The molecule has 20 heavy (non-hydrogen) atoms. The number of benzene rings is 1. The van der Waals surface area contributed by atoms with Gasteiger partial charge in [-0.15, -0.1) is 0 Å². The predicted octanol–water partition coefficient (Wildman–Crippen LogP) is 2.93. The first-order chi connectivity index (χ1) is 9.38. The van der Waals surface area contributed by atoms with Crippen molar-refractivity contribution in [3.8, 4) is 0 Å². The van der Waals surface area contributed by atoms with E-state index in [1.807, 2.05) is 0 Å². The average Bonchev–Trinajstić information content (AvgIpc) is 2.38. The zero-order valence-corrected chi connectivity index (χ0v) is 10.1. The molecule has 1 aromatic carbocycles. The van der Waals surface area contributed by atoms with Crippen LogP contribution < -0.4 is 11.1 Å². The Morgan fingerprint density at radius 1 is 1.25 bits per heavy atom. The van der Waals surface area contributed by atoms with Crippen molar-refractivity contribution < 1.29 is 18.0 Å². The molecule has 0 atom stereocenters. The SMILES string of the molecule is Nc1ccc(C(F)(F)F)c(NC(=O)c2cccnc2)c1. The molecule has 0 radical (unpaired) electrons. The highest BCUT2D eigenvalue weighted by molar-refractivity contribution is 6.04. The first-order valence-electron chi connectivity index (χ1n) is 5.56. The predicted molar refractivity (Wildman–Crippen MR) is 68.0 cm³/mol. The molecule has 4 nitrogen and oxygen atoms in total. The number of pyridine rings is 1. The maximum Gasteiger partial charge on any atom is 0.418 e. The lowest BCUT2D eigenvalue weighted by atomic mass is 10.1. The van der Waals surface area contributed by atoms with E-state index in [4.69, 9.17) is 5.73 Å². The number of halogens is 3. The second kappa shape index (κ2) is 5.20. The number of carbonyl (C=O) groups excluding carboxylic acids is 1. The molecular formula is C13H10F3N3O. The highest BCUT2D eigenvalue weighted by atomic mass is 19.4. The van der Waals surface area contributed by atoms with Crippen LogP contribution in [-0.2, 0) is 6.18 Å². The number of anilines is 2. The third kappa shape index (κ3) is 3.05. The molecule has 3 N–H and O–H groups in total. The van der Waals surface area contributed by atoms with Crippen molar-refractivity contribution in [1.82, 2.24) is 4.98 Å². The first kappa shape index (κ1) is 13.9. The van der Waals surface area contributed by atoms with E-state index in [2.05, 4.69) is 10.3 Å². The van der Waals surface area contributed by atoms with E-state index in [0.29, 0.717) is 0 Å². The van der Waals surface area contributed by atoms with Gasteiger partial charge in [0.05, 0.1) is 16.8 Å². The summed E-state index contributed by atoms with van der Waals surface area (Å²) in [6, 6.07) is 5.98. The molecule has 2 rings (SSSR count). The number of nitrogens with one attached hydrogen (secondary N) is 1. The number of hydrogen-bond donors (Lipinski definition) is 2. The lowest BCUT2D eigenvalue weighted by Crippen LogP contribution is -2.17. The lowest BCUT2D eigenvalue weighted by molar-refractivity contribution is -0.136. The van der Waals surface area contributed by atoms with Crippen LogP contribution in [-0.4, -0.2) is 10.9 Å². The zero-order chi connectivity index (χ0) is 14.8.